The van der Waals surface area contributed by atoms with E-state index in [1.165, 1.54) is 0 Å². The molecule has 1 aromatic rings. The van der Waals surface area contributed by atoms with Gasteiger partial charge in [0.15, 0.2) is 0 Å². The fourth-order valence-corrected chi connectivity index (χ4v) is 1.64. The van der Waals surface area contributed by atoms with Gasteiger partial charge in [0.25, 0.3) is 0 Å². The van der Waals surface area contributed by atoms with E-state index in [0.717, 1.165) is 37.9 Å². The summed E-state index contributed by atoms with van der Waals surface area (Å²) in [5.74, 6) is 0.283. The van der Waals surface area contributed by atoms with Gasteiger partial charge in [0.2, 0.25) is 0 Å². The molecule has 0 unspecified atom stereocenters. The Morgan fingerprint density at radius 3 is 2.21 bits per heavy atom. The van der Waals surface area contributed by atoms with Crippen molar-refractivity contribution in [3.63, 3.8) is 0 Å². The standard InChI is InChI=1S/C14H20O4.Na/c15-12-7-9-13(10-8-12)18-11-5-3-1-2-4-6-14(16)17;/h7-10,15H,1-6,11H2,(H,16,17);. The summed E-state index contributed by atoms with van der Waals surface area (Å²) in [6, 6.07) is 6.67. The Bertz CT molecular complexity index is 351. The molecule has 101 valence electrons. The molecule has 0 amide bonds. The molecule has 0 aliphatic carbocycles. The van der Waals surface area contributed by atoms with E-state index in [0.29, 0.717) is 6.61 Å². The maximum Gasteiger partial charge on any atom is 0.303 e. The monoisotopic (exact) mass is 275 g/mol. The summed E-state index contributed by atoms with van der Waals surface area (Å²) in [5, 5.41) is 17.6. The Balaban J connectivity index is 0.00000324. The van der Waals surface area contributed by atoms with Crippen molar-refractivity contribution in [3.8, 4) is 11.5 Å². The van der Waals surface area contributed by atoms with Crippen LogP contribution in [0.3, 0.4) is 0 Å². The number of phenolic OH excluding ortho intramolecular Hbond substituents is 1. The molecule has 1 aromatic carbocycles. The second-order valence-corrected chi connectivity index (χ2v) is 4.25. The molecule has 0 bridgehead atoms. The fourth-order valence-electron chi connectivity index (χ4n) is 1.64. The average Bonchev–Trinajstić information content (AvgIpc) is 2.34. The maximum absolute atomic E-state index is 10.3. The Morgan fingerprint density at radius 1 is 1.00 bits per heavy atom. The molecule has 0 atom stereocenters. The first-order chi connectivity index (χ1) is 8.68. The number of carboxylic acid groups (broad SMARTS) is 1. The van der Waals surface area contributed by atoms with Crippen molar-refractivity contribution in [1.29, 1.82) is 0 Å². The third kappa shape index (κ3) is 9.82. The molecule has 0 aliphatic heterocycles. The number of benzene rings is 1. The van der Waals surface area contributed by atoms with Crippen LogP contribution in [0.5, 0.6) is 11.5 Å². The van der Waals surface area contributed by atoms with Crippen molar-refractivity contribution in [2.45, 2.75) is 38.5 Å². The third-order valence-electron chi connectivity index (χ3n) is 2.64. The van der Waals surface area contributed by atoms with E-state index in [2.05, 4.69) is 0 Å². The van der Waals surface area contributed by atoms with Crippen LogP contribution in [0.15, 0.2) is 24.3 Å². The van der Waals surface area contributed by atoms with E-state index in [1.807, 2.05) is 0 Å². The van der Waals surface area contributed by atoms with Crippen LogP contribution in [-0.4, -0.2) is 52.3 Å². The van der Waals surface area contributed by atoms with E-state index < -0.39 is 5.97 Å². The third-order valence-corrected chi connectivity index (χ3v) is 2.64. The molecule has 1 radical (unpaired) electrons. The smallest absolute Gasteiger partial charge is 0.303 e. The van der Waals surface area contributed by atoms with Crippen molar-refractivity contribution < 1.29 is 19.7 Å². The topological polar surface area (TPSA) is 66.8 Å². The first-order valence-electron chi connectivity index (χ1n) is 6.32. The minimum atomic E-state index is -0.717. The molecule has 0 aliphatic rings. The normalized spacial score (nSPS) is 9.68. The molecule has 2 N–H and O–H groups in total. The van der Waals surface area contributed by atoms with Gasteiger partial charge >= 0.3 is 5.97 Å². The van der Waals surface area contributed by atoms with Gasteiger partial charge in [0, 0.05) is 36.0 Å². The Hall–Kier alpha value is -0.710. The van der Waals surface area contributed by atoms with Gasteiger partial charge < -0.3 is 14.9 Å². The van der Waals surface area contributed by atoms with Gasteiger partial charge in [-0.15, -0.1) is 0 Å². The summed E-state index contributed by atoms with van der Waals surface area (Å²) < 4.78 is 5.50. The van der Waals surface area contributed by atoms with Crippen LogP contribution in [0.25, 0.3) is 0 Å². The van der Waals surface area contributed by atoms with Crippen molar-refractivity contribution in [3.05, 3.63) is 24.3 Å². The van der Waals surface area contributed by atoms with Gasteiger partial charge in [-0.1, -0.05) is 19.3 Å². The molecule has 0 heterocycles. The minimum absolute atomic E-state index is 0. The summed E-state index contributed by atoms with van der Waals surface area (Å²) >= 11 is 0. The molecule has 0 fully saturated rings. The zero-order valence-electron chi connectivity index (χ0n) is 11.5. The number of rotatable bonds is 9. The summed E-state index contributed by atoms with van der Waals surface area (Å²) in [6.07, 6.45) is 5.06. The number of aromatic hydroxyl groups is 1. The van der Waals surface area contributed by atoms with Gasteiger partial charge in [-0.3, -0.25) is 4.79 Å². The second-order valence-electron chi connectivity index (χ2n) is 4.25. The van der Waals surface area contributed by atoms with Gasteiger partial charge in [-0.2, -0.15) is 0 Å². The maximum atomic E-state index is 10.3. The fraction of sp³-hybridized carbons (Fsp3) is 0.500. The summed E-state index contributed by atoms with van der Waals surface area (Å²) in [6.45, 7) is 0.656. The molecule has 0 saturated carbocycles. The largest absolute Gasteiger partial charge is 0.508 e. The average molecular weight is 275 g/mol. The number of ether oxygens (including phenoxy) is 1. The molecule has 5 heteroatoms. The molecule has 1 rings (SSSR count). The van der Waals surface area contributed by atoms with Gasteiger partial charge in [0.05, 0.1) is 6.61 Å². The number of hydrogen-bond donors (Lipinski definition) is 2. The van der Waals surface area contributed by atoms with Crippen LogP contribution in [0.4, 0.5) is 0 Å². The number of phenols is 1. The zero-order valence-corrected chi connectivity index (χ0v) is 13.5. The number of unbranched alkanes of at least 4 members (excludes halogenated alkanes) is 4. The van der Waals surface area contributed by atoms with E-state index in [-0.39, 0.29) is 41.7 Å². The van der Waals surface area contributed by atoms with Gasteiger partial charge in [-0.25, -0.2) is 0 Å². The Kier molecular flexibility index (Phi) is 10.7. The van der Waals surface area contributed by atoms with Crippen LogP contribution in [-0.2, 0) is 4.79 Å². The Labute approximate surface area is 136 Å². The minimum Gasteiger partial charge on any atom is -0.508 e. The summed E-state index contributed by atoms with van der Waals surface area (Å²) in [7, 11) is 0. The zero-order chi connectivity index (χ0) is 13.2. The van der Waals surface area contributed by atoms with Crippen LogP contribution in [0.1, 0.15) is 38.5 Å². The van der Waals surface area contributed by atoms with Crippen LogP contribution < -0.4 is 4.74 Å². The predicted octanol–water partition coefficient (Wildman–Crippen LogP) is 2.82. The van der Waals surface area contributed by atoms with Crippen molar-refractivity contribution in [1.82, 2.24) is 0 Å². The number of carbonyl (C=O) groups is 1. The second kappa shape index (κ2) is 11.1. The first-order valence-corrected chi connectivity index (χ1v) is 6.32. The van der Waals surface area contributed by atoms with E-state index in [1.54, 1.807) is 24.3 Å². The molecular formula is C14H20NaO4. The number of hydrogen-bond acceptors (Lipinski definition) is 3. The van der Waals surface area contributed by atoms with Crippen molar-refractivity contribution >= 4 is 35.5 Å². The van der Waals surface area contributed by atoms with Gasteiger partial charge in [-0.05, 0) is 37.1 Å². The molecule has 19 heavy (non-hydrogen) atoms. The molecule has 0 aromatic heterocycles. The Morgan fingerprint density at radius 2 is 1.58 bits per heavy atom. The van der Waals surface area contributed by atoms with Crippen LogP contribution >= 0.6 is 0 Å². The van der Waals surface area contributed by atoms with Gasteiger partial charge in [0.1, 0.15) is 11.5 Å². The summed E-state index contributed by atoms with van der Waals surface area (Å²) in [4.78, 5) is 10.3. The molecule has 4 nitrogen and oxygen atoms in total. The van der Waals surface area contributed by atoms with E-state index in [4.69, 9.17) is 14.9 Å². The molecule has 0 saturated heterocycles. The molecular weight excluding hydrogens is 255 g/mol. The predicted molar refractivity (Wildman–Crippen MR) is 74.7 cm³/mol. The summed E-state index contributed by atoms with van der Waals surface area (Å²) in [5.41, 5.74) is 0. The SMILES string of the molecule is O=C(O)CCCCCCCOc1ccc(O)cc1.[Na]. The number of carboxylic acids is 1. The quantitative estimate of drug-likeness (QED) is 0.537. The number of aliphatic carboxylic acids is 1. The van der Waals surface area contributed by atoms with Crippen molar-refractivity contribution in [2.24, 2.45) is 0 Å². The van der Waals surface area contributed by atoms with E-state index in [9.17, 15) is 4.79 Å². The van der Waals surface area contributed by atoms with Crippen molar-refractivity contribution in [2.75, 3.05) is 6.61 Å². The van der Waals surface area contributed by atoms with Crippen LogP contribution in [0.2, 0.25) is 0 Å². The van der Waals surface area contributed by atoms with Crippen LogP contribution in [0, 0.1) is 0 Å². The van der Waals surface area contributed by atoms with E-state index >= 15 is 0 Å². The molecule has 0 spiro atoms. The first kappa shape index (κ1) is 18.3.